The molecule has 3 rings (SSSR count). The van der Waals surface area contributed by atoms with Crippen molar-refractivity contribution in [1.82, 2.24) is 4.90 Å². The molecule has 24 heavy (non-hydrogen) atoms. The van der Waals surface area contributed by atoms with E-state index >= 15 is 0 Å². The maximum Gasteiger partial charge on any atom is 0.226 e. The Labute approximate surface area is 148 Å². The zero-order valence-corrected chi connectivity index (χ0v) is 15.0. The van der Waals surface area contributed by atoms with Crippen LogP contribution in [0.3, 0.4) is 0 Å². The van der Waals surface area contributed by atoms with Gasteiger partial charge in [-0.3, -0.25) is 4.79 Å². The lowest BCUT2D eigenvalue weighted by Gasteiger charge is -2.49. The number of nitrogens with zero attached hydrogens (tertiary/aromatic N) is 1. The lowest BCUT2D eigenvalue weighted by atomic mass is 9.76. The van der Waals surface area contributed by atoms with Crippen molar-refractivity contribution in [3.63, 3.8) is 0 Å². The molecule has 2 fully saturated rings. The molecule has 1 amide bonds. The molecule has 1 atom stereocenters. The van der Waals surface area contributed by atoms with Crippen LogP contribution in [0.5, 0.6) is 0 Å². The van der Waals surface area contributed by atoms with Gasteiger partial charge in [0.05, 0.1) is 24.2 Å². The molecule has 1 unspecified atom stereocenters. The summed E-state index contributed by atoms with van der Waals surface area (Å²) in [7, 11) is 0. The van der Waals surface area contributed by atoms with Gasteiger partial charge in [-0.25, -0.2) is 0 Å². The molecule has 132 valence electrons. The number of carbonyl (C=O) groups excluding carboxylic acids is 1. The van der Waals surface area contributed by atoms with Crippen molar-refractivity contribution in [2.24, 2.45) is 0 Å². The van der Waals surface area contributed by atoms with Crippen molar-refractivity contribution in [2.45, 2.75) is 56.7 Å². The first-order chi connectivity index (χ1) is 11.4. The van der Waals surface area contributed by atoms with Crippen LogP contribution in [-0.2, 0) is 16.0 Å². The van der Waals surface area contributed by atoms with E-state index in [0.29, 0.717) is 44.0 Å². The van der Waals surface area contributed by atoms with E-state index in [4.69, 9.17) is 16.3 Å². The zero-order valence-electron chi connectivity index (χ0n) is 14.3. The molecule has 1 aromatic rings. The molecule has 1 aromatic carbocycles. The molecule has 2 aliphatic heterocycles. The van der Waals surface area contributed by atoms with Gasteiger partial charge in [-0.1, -0.05) is 30.7 Å². The van der Waals surface area contributed by atoms with Crippen molar-refractivity contribution in [1.29, 1.82) is 0 Å². The Morgan fingerprint density at radius 3 is 2.75 bits per heavy atom. The fourth-order valence-corrected chi connectivity index (χ4v) is 4.13. The molecule has 1 spiro atoms. The third-order valence-corrected chi connectivity index (χ3v) is 5.79. The number of likely N-dealkylation sites (tertiary alicyclic amines) is 1. The smallest absolute Gasteiger partial charge is 0.226 e. The minimum Gasteiger partial charge on any atom is -0.390 e. The fourth-order valence-electron chi connectivity index (χ4n) is 3.92. The van der Waals surface area contributed by atoms with E-state index in [9.17, 15) is 9.90 Å². The number of aliphatic hydroxyl groups is 1. The number of hydrogen-bond donors (Lipinski definition) is 1. The van der Waals surface area contributed by atoms with Crippen LogP contribution < -0.4 is 0 Å². The first-order valence-corrected chi connectivity index (χ1v) is 9.20. The van der Waals surface area contributed by atoms with Gasteiger partial charge in [-0.15, -0.1) is 0 Å². The van der Waals surface area contributed by atoms with Crippen LogP contribution in [0.1, 0.15) is 44.6 Å². The largest absolute Gasteiger partial charge is 0.390 e. The molecule has 0 aliphatic carbocycles. The number of carbonyl (C=O) groups is 1. The van der Waals surface area contributed by atoms with Gasteiger partial charge in [0.2, 0.25) is 5.91 Å². The number of rotatable bonds is 3. The normalized spacial score (nSPS) is 26.5. The SMILES string of the molecule is CCC1(O)CCOC2(CCN(C(=O)Cc3cccc(Cl)c3)CC2)C1. The predicted molar refractivity (Wildman–Crippen MR) is 94.1 cm³/mol. The summed E-state index contributed by atoms with van der Waals surface area (Å²) >= 11 is 5.99. The Bertz CT molecular complexity index is 598. The van der Waals surface area contributed by atoms with Gasteiger partial charge >= 0.3 is 0 Å². The molecule has 0 aromatic heterocycles. The highest BCUT2D eigenvalue weighted by molar-refractivity contribution is 6.30. The first-order valence-electron chi connectivity index (χ1n) is 8.82. The summed E-state index contributed by atoms with van der Waals surface area (Å²) in [4.78, 5) is 14.4. The Balaban J connectivity index is 1.57. The van der Waals surface area contributed by atoms with Crippen molar-refractivity contribution in [3.8, 4) is 0 Å². The lowest BCUT2D eigenvalue weighted by Crippen LogP contribution is -2.55. The number of piperidine rings is 1. The number of hydrogen-bond acceptors (Lipinski definition) is 3. The van der Waals surface area contributed by atoms with E-state index in [0.717, 1.165) is 24.8 Å². The Kier molecular flexibility index (Phi) is 5.19. The van der Waals surface area contributed by atoms with Gasteiger partial charge in [0.25, 0.3) is 0 Å². The highest BCUT2D eigenvalue weighted by Crippen LogP contribution is 2.40. The second kappa shape index (κ2) is 7.03. The van der Waals surface area contributed by atoms with Gasteiger partial charge in [-0.2, -0.15) is 0 Å². The average Bonchev–Trinajstić information content (AvgIpc) is 2.55. The van der Waals surface area contributed by atoms with Crippen LogP contribution in [-0.4, -0.2) is 46.8 Å². The van der Waals surface area contributed by atoms with E-state index in [1.165, 1.54) is 0 Å². The van der Waals surface area contributed by atoms with Crippen molar-refractivity contribution < 1.29 is 14.6 Å². The van der Waals surface area contributed by atoms with Crippen LogP contribution in [0.25, 0.3) is 0 Å². The van der Waals surface area contributed by atoms with Gasteiger partial charge in [0, 0.05) is 24.5 Å². The number of ether oxygens (including phenoxy) is 1. The third-order valence-electron chi connectivity index (χ3n) is 5.56. The topological polar surface area (TPSA) is 49.8 Å². The summed E-state index contributed by atoms with van der Waals surface area (Å²) in [5, 5.41) is 11.3. The molecule has 0 saturated carbocycles. The van der Waals surface area contributed by atoms with E-state index in [1.807, 2.05) is 36.1 Å². The maximum atomic E-state index is 12.5. The van der Waals surface area contributed by atoms with E-state index in [2.05, 4.69) is 0 Å². The first kappa shape index (κ1) is 17.7. The molecule has 2 heterocycles. The molecule has 2 saturated heterocycles. The zero-order chi connectivity index (χ0) is 17.2. The molecule has 0 radical (unpaired) electrons. The van der Waals surface area contributed by atoms with Gasteiger partial charge in [-0.05, 0) is 43.4 Å². The quantitative estimate of drug-likeness (QED) is 0.909. The Morgan fingerprint density at radius 2 is 2.08 bits per heavy atom. The van der Waals surface area contributed by atoms with Crippen LogP contribution >= 0.6 is 11.6 Å². The highest BCUT2D eigenvalue weighted by atomic mass is 35.5. The number of amides is 1. The Hall–Kier alpha value is -1.10. The van der Waals surface area contributed by atoms with Crippen molar-refractivity contribution in [3.05, 3.63) is 34.9 Å². The van der Waals surface area contributed by atoms with Crippen LogP contribution in [0, 0.1) is 0 Å². The van der Waals surface area contributed by atoms with Crippen LogP contribution in [0.4, 0.5) is 0 Å². The summed E-state index contributed by atoms with van der Waals surface area (Å²) in [6.45, 7) is 4.03. The lowest BCUT2D eigenvalue weighted by molar-refractivity contribution is -0.181. The summed E-state index contributed by atoms with van der Waals surface area (Å²) in [6, 6.07) is 7.46. The molecule has 2 aliphatic rings. The standard InChI is InChI=1S/C19H26ClNO3/c1-2-18(23)8-11-24-19(14-18)6-9-21(10-7-19)17(22)13-15-4-3-5-16(20)12-15/h3-5,12,23H,2,6-11,13-14H2,1H3. The average molecular weight is 352 g/mol. The maximum absolute atomic E-state index is 12.5. The monoisotopic (exact) mass is 351 g/mol. The molecule has 4 nitrogen and oxygen atoms in total. The van der Waals surface area contributed by atoms with E-state index < -0.39 is 5.60 Å². The minimum absolute atomic E-state index is 0.133. The summed E-state index contributed by atoms with van der Waals surface area (Å²) in [6.07, 6.45) is 4.14. The summed E-state index contributed by atoms with van der Waals surface area (Å²) < 4.78 is 6.05. The van der Waals surface area contributed by atoms with Crippen molar-refractivity contribution >= 4 is 17.5 Å². The second-order valence-electron chi connectivity index (χ2n) is 7.22. The molecule has 0 bridgehead atoms. The highest BCUT2D eigenvalue weighted by Gasteiger charge is 2.46. The van der Waals surface area contributed by atoms with E-state index in [-0.39, 0.29) is 11.5 Å². The fraction of sp³-hybridized carbons (Fsp3) is 0.632. The Morgan fingerprint density at radius 1 is 1.33 bits per heavy atom. The summed E-state index contributed by atoms with van der Waals surface area (Å²) in [5.74, 6) is 0.133. The van der Waals surface area contributed by atoms with Gasteiger partial charge < -0.3 is 14.7 Å². The molecular weight excluding hydrogens is 326 g/mol. The minimum atomic E-state index is -0.606. The van der Waals surface area contributed by atoms with Crippen LogP contribution in [0.2, 0.25) is 5.02 Å². The molecule has 1 N–H and O–H groups in total. The molecular formula is C19H26ClNO3. The van der Waals surface area contributed by atoms with Gasteiger partial charge in [0.15, 0.2) is 0 Å². The number of benzene rings is 1. The van der Waals surface area contributed by atoms with Crippen LogP contribution in [0.15, 0.2) is 24.3 Å². The van der Waals surface area contributed by atoms with E-state index in [1.54, 1.807) is 0 Å². The van der Waals surface area contributed by atoms with Crippen molar-refractivity contribution in [2.75, 3.05) is 19.7 Å². The number of halogens is 1. The third kappa shape index (κ3) is 3.93. The summed E-state index contributed by atoms with van der Waals surface area (Å²) in [5.41, 5.74) is 0.0863. The van der Waals surface area contributed by atoms with Gasteiger partial charge in [0.1, 0.15) is 0 Å². The second-order valence-corrected chi connectivity index (χ2v) is 7.66. The predicted octanol–water partition coefficient (Wildman–Crippen LogP) is 3.20. The molecule has 5 heteroatoms.